The Morgan fingerprint density at radius 1 is 0.966 bits per heavy atom. The molecule has 1 saturated heterocycles. The Bertz CT molecular complexity index is 602. The van der Waals surface area contributed by atoms with Crippen LogP contribution in [0.5, 0.6) is 0 Å². The highest BCUT2D eigenvalue weighted by molar-refractivity contribution is 5.95. The number of hydrogen-bond acceptors (Lipinski definition) is 6. The van der Waals surface area contributed by atoms with Gasteiger partial charge in [-0.25, -0.2) is 9.59 Å². The van der Waals surface area contributed by atoms with Gasteiger partial charge in [0.1, 0.15) is 5.60 Å². The largest absolute Gasteiger partial charge is 0.455 e. The predicted octanol–water partition coefficient (Wildman–Crippen LogP) is 2.34. The first-order valence-corrected chi connectivity index (χ1v) is 10.4. The van der Waals surface area contributed by atoms with Crippen LogP contribution in [-0.2, 0) is 19.1 Å². The summed E-state index contributed by atoms with van der Waals surface area (Å²) in [5.41, 5.74) is -0.566. The molecule has 9 heteroatoms. The molecular weight excluding hydrogens is 378 g/mol. The van der Waals surface area contributed by atoms with Crippen LogP contribution in [0.2, 0.25) is 0 Å². The Morgan fingerprint density at radius 2 is 1.59 bits per heavy atom. The topological polar surface area (TPSA) is 114 Å². The molecule has 0 aromatic rings. The zero-order chi connectivity index (χ0) is 21.4. The summed E-state index contributed by atoms with van der Waals surface area (Å²) in [5.74, 6) is -1.52. The van der Waals surface area contributed by atoms with Gasteiger partial charge in [0.2, 0.25) is 0 Å². The normalized spacial score (nSPS) is 18.7. The molecule has 29 heavy (non-hydrogen) atoms. The first kappa shape index (κ1) is 23.0. The summed E-state index contributed by atoms with van der Waals surface area (Å²) in [6.07, 6.45) is 5.64. The summed E-state index contributed by atoms with van der Waals surface area (Å²) in [6, 6.07) is -0.460. The SMILES string of the molecule is CC(C)(C)OC(=O)N1CCC(C(=O)OCC(=O)NC(=O)NC2CCCCC2)CC1. The molecule has 1 aliphatic carbocycles. The van der Waals surface area contributed by atoms with Gasteiger partial charge >= 0.3 is 18.1 Å². The number of amides is 4. The zero-order valence-electron chi connectivity index (χ0n) is 17.6. The van der Waals surface area contributed by atoms with Gasteiger partial charge in [-0.05, 0) is 46.5 Å². The van der Waals surface area contributed by atoms with E-state index in [-0.39, 0.29) is 12.0 Å². The van der Waals surface area contributed by atoms with Crippen molar-refractivity contribution >= 4 is 24.0 Å². The maximum absolute atomic E-state index is 12.2. The van der Waals surface area contributed by atoms with Crippen molar-refractivity contribution in [2.24, 2.45) is 5.92 Å². The highest BCUT2D eigenvalue weighted by atomic mass is 16.6. The number of hydrogen-bond donors (Lipinski definition) is 2. The van der Waals surface area contributed by atoms with Crippen LogP contribution in [0.3, 0.4) is 0 Å². The number of urea groups is 1. The maximum atomic E-state index is 12.2. The van der Waals surface area contributed by atoms with E-state index in [1.807, 2.05) is 0 Å². The highest BCUT2D eigenvalue weighted by Gasteiger charge is 2.31. The number of carbonyl (C=O) groups excluding carboxylic acids is 4. The summed E-state index contributed by atoms with van der Waals surface area (Å²) in [4.78, 5) is 49.5. The molecule has 0 bridgehead atoms. The fourth-order valence-electron chi connectivity index (χ4n) is 3.51. The number of carbonyl (C=O) groups is 4. The third kappa shape index (κ3) is 8.29. The first-order chi connectivity index (χ1) is 13.6. The number of esters is 1. The van der Waals surface area contributed by atoms with Gasteiger partial charge in [-0.2, -0.15) is 0 Å². The van der Waals surface area contributed by atoms with Crippen LogP contribution in [0.15, 0.2) is 0 Å². The van der Waals surface area contributed by atoms with E-state index in [4.69, 9.17) is 9.47 Å². The zero-order valence-corrected chi connectivity index (χ0v) is 17.6. The Morgan fingerprint density at radius 3 is 2.17 bits per heavy atom. The molecule has 0 aromatic carbocycles. The van der Waals surface area contributed by atoms with Crippen LogP contribution >= 0.6 is 0 Å². The minimum absolute atomic E-state index is 0.0919. The predicted molar refractivity (Wildman–Crippen MR) is 105 cm³/mol. The van der Waals surface area contributed by atoms with Crippen LogP contribution < -0.4 is 10.6 Å². The molecule has 1 aliphatic heterocycles. The van der Waals surface area contributed by atoms with E-state index in [0.29, 0.717) is 25.9 Å². The molecule has 1 saturated carbocycles. The monoisotopic (exact) mass is 411 g/mol. The molecule has 2 rings (SSSR count). The smallest absolute Gasteiger partial charge is 0.410 e. The molecule has 164 valence electrons. The van der Waals surface area contributed by atoms with E-state index in [1.54, 1.807) is 25.7 Å². The molecule has 2 N–H and O–H groups in total. The molecule has 0 radical (unpaired) electrons. The van der Waals surface area contributed by atoms with Crippen LogP contribution in [0.1, 0.15) is 65.7 Å². The standard InChI is InChI=1S/C20H33N3O6/c1-20(2,3)29-19(27)23-11-9-14(10-12-23)17(25)28-13-16(24)22-18(26)21-15-7-5-4-6-8-15/h14-15H,4-13H2,1-3H3,(H2,21,22,24,26). The molecule has 0 aromatic heterocycles. The second-order valence-electron chi connectivity index (χ2n) is 8.71. The lowest BCUT2D eigenvalue weighted by molar-refractivity contribution is -0.153. The number of nitrogens with zero attached hydrogens (tertiary/aromatic N) is 1. The molecule has 1 heterocycles. The van der Waals surface area contributed by atoms with Gasteiger partial charge in [-0.1, -0.05) is 19.3 Å². The molecule has 9 nitrogen and oxygen atoms in total. The van der Waals surface area contributed by atoms with Gasteiger partial charge in [0.15, 0.2) is 6.61 Å². The fraction of sp³-hybridized carbons (Fsp3) is 0.800. The molecule has 2 fully saturated rings. The Balaban J connectivity index is 1.64. The van der Waals surface area contributed by atoms with Gasteiger partial charge in [-0.15, -0.1) is 0 Å². The van der Waals surface area contributed by atoms with Crippen LogP contribution in [0.4, 0.5) is 9.59 Å². The van der Waals surface area contributed by atoms with Gasteiger partial charge in [0.05, 0.1) is 5.92 Å². The van der Waals surface area contributed by atoms with Crippen molar-refractivity contribution in [2.45, 2.75) is 77.4 Å². The van der Waals surface area contributed by atoms with E-state index in [0.717, 1.165) is 25.7 Å². The van der Waals surface area contributed by atoms with Gasteiger partial charge in [-0.3, -0.25) is 14.9 Å². The van der Waals surface area contributed by atoms with Crippen molar-refractivity contribution in [3.63, 3.8) is 0 Å². The minimum atomic E-state index is -0.655. The Labute approximate surface area is 171 Å². The summed E-state index contributed by atoms with van der Waals surface area (Å²) < 4.78 is 10.4. The number of rotatable bonds is 4. The van der Waals surface area contributed by atoms with E-state index >= 15 is 0 Å². The lowest BCUT2D eigenvalue weighted by Gasteiger charge is -2.32. The fourth-order valence-corrected chi connectivity index (χ4v) is 3.51. The van der Waals surface area contributed by atoms with Crippen molar-refractivity contribution in [1.82, 2.24) is 15.5 Å². The third-order valence-electron chi connectivity index (χ3n) is 5.02. The summed E-state index contributed by atoms with van der Waals surface area (Å²) >= 11 is 0. The molecule has 0 unspecified atom stereocenters. The summed E-state index contributed by atoms with van der Waals surface area (Å²) in [5, 5.41) is 4.97. The van der Waals surface area contributed by atoms with Crippen molar-refractivity contribution < 1.29 is 28.7 Å². The van der Waals surface area contributed by atoms with Crippen LogP contribution in [0.25, 0.3) is 0 Å². The summed E-state index contributed by atoms with van der Waals surface area (Å²) in [7, 11) is 0. The molecule has 2 aliphatic rings. The minimum Gasteiger partial charge on any atom is -0.455 e. The lowest BCUT2D eigenvalue weighted by Crippen LogP contribution is -2.46. The van der Waals surface area contributed by atoms with Gasteiger partial charge < -0.3 is 19.7 Å². The van der Waals surface area contributed by atoms with Crippen molar-refractivity contribution in [2.75, 3.05) is 19.7 Å². The lowest BCUT2D eigenvalue weighted by atomic mass is 9.96. The van der Waals surface area contributed by atoms with E-state index < -0.39 is 36.2 Å². The van der Waals surface area contributed by atoms with Crippen molar-refractivity contribution in [3.8, 4) is 0 Å². The number of ether oxygens (including phenoxy) is 2. The third-order valence-corrected chi connectivity index (χ3v) is 5.02. The molecule has 0 spiro atoms. The van der Waals surface area contributed by atoms with Gasteiger partial charge in [0, 0.05) is 19.1 Å². The van der Waals surface area contributed by atoms with Crippen LogP contribution in [0, 0.1) is 5.92 Å². The van der Waals surface area contributed by atoms with E-state index in [2.05, 4.69) is 10.6 Å². The Hall–Kier alpha value is -2.32. The molecule has 0 atom stereocenters. The average Bonchev–Trinajstić information content (AvgIpc) is 2.65. The maximum Gasteiger partial charge on any atom is 0.410 e. The first-order valence-electron chi connectivity index (χ1n) is 10.4. The second kappa shape index (κ2) is 10.5. The summed E-state index contributed by atoms with van der Waals surface area (Å²) in [6.45, 7) is 5.69. The van der Waals surface area contributed by atoms with E-state index in [9.17, 15) is 19.2 Å². The molecular formula is C20H33N3O6. The quantitative estimate of drug-likeness (QED) is 0.687. The number of likely N-dealkylation sites (tertiary alicyclic amines) is 1. The molecule has 4 amide bonds. The van der Waals surface area contributed by atoms with Gasteiger partial charge in [0.25, 0.3) is 5.91 Å². The number of piperidine rings is 1. The van der Waals surface area contributed by atoms with Crippen LogP contribution in [-0.4, -0.2) is 60.2 Å². The number of imide groups is 1. The second-order valence-corrected chi connectivity index (χ2v) is 8.71. The Kier molecular flexibility index (Phi) is 8.28. The average molecular weight is 411 g/mol. The van der Waals surface area contributed by atoms with E-state index in [1.165, 1.54) is 6.42 Å². The van der Waals surface area contributed by atoms with Crippen molar-refractivity contribution in [3.05, 3.63) is 0 Å². The number of nitrogens with one attached hydrogen (secondary N) is 2. The highest BCUT2D eigenvalue weighted by Crippen LogP contribution is 2.21. The van der Waals surface area contributed by atoms with Crippen molar-refractivity contribution in [1.29, 1.82) is 0 Å².